The van der Waals surface area contributed by atoms with E-state index in [0.29, 0.717) is 17.7 Å². The van der Waals surface area contributed by atoms with Gasteiger partial charge in [0.05, 0.1) is 14.2 Å². The minimum absolute atomic E-state index is 0.355. The van der Waals surface area contributed by atoms with Gasteiger partial charge in [-0.25, -0.2) is 14.5 Å². The fraction of sp³-hybridized carbons (Fsp3) is 0.471. The van der Waals surface area contributed by atoms with E-state index in [9.17, 15) is 14.4 Å². The molecule has 1 heterocycles. The molecule has 24 heavy (non-hydrogen) atoms. The zero-order valence-electron chi connectivity index (χ0n) is 14.5. The molecule has 2 unspecified atom stereocenters. The first-order valence-electron chi connectivity index (χ1n) is 7.71. The van der Waals surface area contributed by atoms with E-state index in [1.54, 1.807) is 19.2 Å². The minimum atomic E-state index is -1.20. The van der Waals surface area contributed by atoms with Gasteiger partial charge in [0.2, 0.25) is 0 Å². The van der Waals surface area contributed by atoms with Crippen LogP contribution in [-0.4, -0.2) is 43.1 Å². The Hall–Kier alpha value is -2.57. The van der Waals surface area contributed by atoms with Gasteiger partial charge in [-0.3, -0.25) is 4.79 Å². The number of carbonyl (C=O) groups excluding carboxylic acids is 3. The summed E-state index contributed by atoms with van der Waals surface area (Å²) in [5, 5.41) is 2.75. The number of aryl methyl sites for hydroxylation is 1. The number of hydrogen-bond acceptors (Lipinski definition) is 5. The van der Waals surface area contributed by atoms with Crippen LogP contribution in [0, 0.1) is 6.92 Å². The number of imide groups is 1. The molecule has 0 radical (unpaired) electrons. The lowest BCUT2D eigenvalue weighted by molar-refractivity contribution is -0.150. The normalized spacial score (nSPS) is 21.5. The molecule has 0 saturated carbocycles. The Kier molecular flexibility index (Phi) is 4.82. The van der Waals surface area contributed by atoms with Crippen LogP contribution in [0.15, 0.2) is 18.2 Å². The van der Waals surface area contributed by atoms with Gasteiger partial charge in [0.15, 0.2) is 0 Å². The zero-order chi connectivity index (χ0) is 18.1. The molecule has 130 valence electrons. The third-order valence-electron chi connectivity index (χ3n) is 4.47. The lowest BCUT2D eigenvalue weighted by Crippen LogP contribution is -2.46. The zero-order valence-corrected chi connectivity index (χ0v) is 14.5. The van der Waals surface area contributed by atoms with Crippen LogP contribution in [-0.2, 0) is 19.9 Å². The lowest BCUT2D eigenvalue weighted by atomic mass is 9.86. The molecule has 1 fully saturated rings. The molecule has 0 bridgehead atoms. The highest BCUT2D eigenvalue weighted by atomic mass is 16.5. The minimum Gasteiger partial charge on any atom is -0.496 e. The van der Waals surface area contributed by atoms with Crippen molar-refractivity contribution in [3.8, 4) is 5.75 Å². The summed E-state index contributed by atoms with van der Waals surface area (Å²) in [5.41, 5.74) is 0.307. The maximum atomic E-state index is 13.0. The third-order valence-corrected chi connectivity index (χ3v) is 4.47. The molecule has 1 N–H and O–H groups in total. The maximum Gasteiger partial charge on any atom is 0.328 e. The van der Waals surface area contributed by atoms with Crippen molar-refractivity contribution in [1.29, 1.82) is 0 Å². The summed E-state index contributed by atoms with van der Waals surface area (Å²) in [4.78, 5) is 38.0. The molecule has 1 aromatic carbocycles. The number of nitrogens with one attached hydrogen (secondary N) is 1. The highest BCUT2D eigenvalue weighted by Crippen LogP contribution is 2.35. The summed E-state index contributed by atoms with van der Waals surface area (Å²) in [6.45, 7) is 5.14. The van der Waals surface area contributed by atoms with Gasteiger partial charge in [-0.1, -0.05) is 13.0 Å². The van der Waals surface area contributed by atoms with Gasteiger partial charge in [-0.2, -0.15) is 0 Å². The van der Waals surface area contributed by atoms with Gasteiger partial charge in [0, 0.05) is 0 Å². The molecule has 2 atom stereocenters. The van der Waals surface area contributed by atoms with Crippen LogP contribution in [0.5, 0.6) is 5.75 Å². The predicted octanol–water partition coefficient (Wildman–Crippen LogP) is 1.72. The summed E-state index contributed by atoms with van der Waals surface area (Å²) >= 11 is 0. The van der Waals surface area contributed by atoms with Crippen molar-refractivity contribution < 1.29 is 23.9 Å². The second kappa shape index (κ2) is 6.51. The largest absolute Gasteiger partial charge is 0.496 e. The summed E-state index contributed by atoms with van der Waals surface area (Å²) in [6, 6.07) is 3.73. The molecule has 0 spiro atoms. The summed E-state index contributed by atoms with van der Waals surface area (Å²) < 4.78 is 9.89. The smallest absolute Gasteiger partial charge is 0.328 e. The molecule has 1 aromatic rings. The first kappa shape index (κ1) is 17.8. The second-order valence-corrected chi connectivity index (χ2v) is 5.75. The number of benzene rings is 1. The van der Waals surface area contributed by atoms with E-state index in [-0.39, 0.29) is 0 Å². The Morgan fingerprint density at radius 2 is 2.00 bits per heavy atom. The van der Waals surface area contributed by atoms with Crippen LogP contribution in [0.4, 0.5) is 4.79 Å². The van der Waals surface area contributed by atoms with Gasteiger partial charge in [0.25, 0.3) is 5.91 Å². The monoisotopic (exact) mass is 334 g/mol. The molecule has 2 rings (SSSR count). The maximum absolute atomic E-state index is 13.0. The van der Waals surface area contributed by atoms with Crippen LogP contribution >= 0.6 is 0 Å². The molecule has 0 aromatic heterocycles. The highest BCUT2D eigenvalue weighted by molar-refractivity contribution is 6.09. The van der Waals surface area contributed by atoms with Crippen molar-refractivity contribution in [2.75, 3.05) is 14.2 Å². The summed E-state index contributed by atoms with van der Waals surface area (Å²) in [7, 11) is 2.79. The van der Waals surface area contributed by atoms with E-state index in [2.05, 4.69) is 10.1 Å². The van der Waals surface area contributed by atoms with Gasteiger partial charge in [-0.05, 0) is 43.5 Å². The fourth-order valence-electron chi connectivity index (χ4n) is 3.01. The number of nitrogens with zero attached hydrogens (tertiary/aromatic N) is 1. The van der Waals surface area contributed by atoms with Crippen molar-refractivity contribution in [3.05, 3.63) is 29.3 Å². The Morgan fingerprint density at radius 1 is 1.33 bits per heavy atom. The Labute approximate surface area is 140 Å². The number of rotatable bonds is 5. The molecule has 1 aliphatic rings. The van der Waals surface area contributed by atoms with Gasteiger partial charge >= 0.3 is 12.0 Å². The van der Waals surface area contributed by atoms with E-state index in [4.69, 9.17) is 4.74 Å². The Balaban J connectivity index is 2.47. The van der Waals surface area contributed by atoms with Crippen LogP contribution in [0.25, 0.3) is 0 Å². The average Bonchev–Trinajstić information content (AvgIpc) is 2.84. The van der Waals surface area contributed by atoms with Crippen LogP contribution in [0.3, 0.4) is 0 Å². The number of ether oxygens (including phenoxy) is 2. The Morgan fingerprint density at radius 3 is 2.50 bits per heavy atom. The third kappa shape index (κ3) is 2.60. The quantitative estimate of drug-likeness (QED) is 0.655. The number of esters is 1. The first-order chi connectivity index (χ1) is 11.3. The standard InChI is InChI=1S/C17H22N2O5/c1-6-17(12-7-8-13(23-4)10(2)9-12)15(21)19(16(22)18-17)11(3)14(20)24-5/h7-9,11H,6H2,1-5H3,(H,18,22). The summed E-state index contributed by atoms with van der Waals surface area (Å²) in [5.74, 6) is -0.407. The predicted molar refractivity (Wildman–Crippen MR) is 86.6 cm³/mol. The number of methoxy groups -OCH3 is 2. The number of hydrogen-bond donors (Lipinski definition) is 1. The van der Waals surface area contributed by atoms with E-state index in [1.165, 1.54) is 14.0 Å². The van der Waals surface area contributed by atoms with Crippen molar-refractivity contribution >= 4 is 17.9 Å². The van der Waals surface area contributed by atoms with Crippen LogP contribution in [0.2, 0.25) is 0 Å². The Bertz CT molecular complexity index is 688. The summed E-state index contributed by atoms with van der Waals surface area (Å²) in [6.07, 6.45) is 0.355. The SMILES string of the molecule is CCC1(c2ccc(OC)c(C)c2)NC(=O)N(C(C)C(=O)OC)C1=O. The van der Waals surface area contributed by atoms with E-state index in [0.717, 1.165) is 10.5 Å². The fourth-order valence-corrected chi connectivity index (χ4v) is 3.01. The van der Waals surface area contributed by atoms with Gasteiger partial charge in [0.1, 0.15) is 17.3 Å². The molecule has 1 saturated heterocycles. The molecule has 0 aliphatic carbocycles. The number of urea groups is 1. The van der Waals surface area contributed by atoms with Crippen molar-refractivity contribution in [1.82, 2.24) is 10.2 Å². The van der Waals surface area contributed by atoms with E-state index in [1.807, 2.05) is 19.9 Å². The van der Waals surface area contributed by atoms with Crippen molar-refractivity contribution in [2.24, 2.45) is 0 Å². The lowest BCUT2D eigenvalue weighted by Gasteiger charge is -2.27. The van der Waals surface area contributed by atoms with Crippen molar-refractivity contribution in [3.63, 3.8) is 0 Å². The molecular formula is C17H22N2O5. The van der Waals surface area contributed by atoms with E-state index >= 15 is 0 Å². The molecule has 7 heteroatoms. The van der Waals surface area contributed by atoms with E-state index < -0.39 is 29.5 Å². The second-order valence-electron chi connectivity index (χ2n) is 5.75. The van der Waals surface area contributed by atoms with Gasteiger partial charge in [-0.15, -0.1) is 0 Å². The molecular weight excluding hydrogens is 312 g/mol. The van der Waals surface area contributed by atoms with Crippen molar-refractivity contribution in [2.45, 2.75) is 38.8 Å². The molecule has 7 nitrogen and oxygen atoms in total. The molecule has 3 amide bonds. The first-order valence-corrected chi connectivity index (χ1v) is 7.71. The number of amides is 3. The number of carbonyl (C=O) groups is 3. The van der Waals surface area contributed by atoms with Gasteiger partial charge < -0.3 is 14.8 Å². The van der Waals surface area contributed by atoms with Crippen LogP contribution in [0.1, 0.15) is 31.4 Å². The molecule has 1 aliphatic heterocycles. The highest BCUT2D eigenvalue weighted by Gasteiger charge is 2.53. The topological polar surface area (TPSA) is 84.9 Å². The van der Waals surface area contributed by atoms with Crippen LogP contribution < -0.4 is 10.1 Å². The average molecular weight is 334 g/mol.